The first-order chi connectivity index (χ1) is 3.48. The first kappa shape index (κ1) is 8.44. The van der Waals surface area contributed by atoms with Crippen molar-refractivity contribution in [1.29, 1.82) is 5.26 Å². The standard InChI is InChI=1S/C5H10INSi/c1-5(4-7)8(2,3)6/h5H,1-3H3. The highest BCUT2D eigenvalue weighted by Gasteiger charge is 2.23. The van der Waals surface area contributed by atoms with Crippen LogP contribution in [0.4, 0.5) is 0 Å². The van der Waals surface area contributed by atoms with Gasteiger partial charge in [-0.3, -0.25) is 0 Å². The Morgan fingerprint density at radius 1 is 1.62 bits per heavy atom. The van der Waals surface area contributed by atoms with Crippen LogP contribution >= 0.6 is 21.8 Å². The fraction of sp³-hybridized carbons (Fsp3) is 0.800. The Morgan fingerprint density at radius 2 is 2.00 bits per heavy atom. The normalized spacial score (nSPS) is 14.9. The Kier molecular flexibility index (Phi) is 2.98. The monoisotopic (exact) mass is 239 g/mol. The summed E-state index contributed by atoms with van der Waals surface area (Å²) < 4.78 is 0. The van der Waals surface area contributed by atoms with Crippen molar-refractivity contribution in [2.45, 2.75) is 25.6 Å². The fourth-order valence-electron chi connectivity index (χ4n) is 0.153. The van der Waals surface area contributed by atoms with E-state index in [-0.39, 0.29) is 5.54 Å². The maximum Gasteiger partial charge on any atom is 0.136 e. The van der Waals surface area contributed by atoms with Gasteiger partial charge in [-0.1, -0.05) is 20.0 Å². The molecule has 0 rings (SSSR count). The average molecular weight is 239 g/mol. The molecule has 0 spiro atoms. The molecule has 1 unspecified atom stereocenters. The van der Waals surface area contributed by atoms with Crippen molar-refractivity contribution in [2.75, 3.05) is 0 Å². The van der Waals surface area contributed by atoms with E-state index < -0.39 is 5.57 Å². The molecule has 3 heteroatoms. The Morgan fingerprint density at radius 3 is 2.00 bits per heavy atom. The maximum absolute atomic E-state index is 8.45. The van der Waals surface area contributed by atoms with Gasteiger partial charge in [0.1, 0.15) is 5.57 Å². The Bertz CT molecular complexity index is 111. The molecule has 0 saturated carbocycles. The highest BCUT2D eigenvalue weighted by molar-refractivity contribution is 14.1. The SMILES string of the molecule is CC(C#N)[Si](C)(C)I. The van der Waals surface area contributed by atoms with E-state index in [4.69, 9.17) is 5.26 Å². The predicted molar refractivity (Wildman–Crippen MR) is 46.5 cm³/mol. The van der Waals surface area contributed by atoms with Gasteiger partial charge in [0.15, 0.2) is 0 Å². The van der Waals surface area contributed by atoms with Gasteiger partial charge in [-0.05, 0) is 0 Å². The lowest BCUT2D eigenvalue weighted by molar-refractivity contribution is 1.17. The van der Waals surface area contributed by atoms with E-state index in [1.807, 2.05) is 6.92 Å². The summed E-state index contributed by atoms with van der Waals surface area (Å²) in [4.78, 5) is 0. The van der Waals surface area contributed by atoms with Gasteiger partial charge in [-0.2, -0.15) is 5.26 Å². The number of halogens is 1. The molecule has 0 aromatic rings. The van der Waals surface area contributed by atoms with Crippen molar-refractivity contribution in [3.63, 3.8) is 0 Å². The average Bonchev–Trinajstić information content (AvgIpc) is 1.62. The molecule has 0 aromatic carbocycles. The summed E-state index contributed by atoms with van der Waals surface area (Å²) in [5.74, 6) is 0. The first-order valence-corrected chi connectivity index (χ1v) is 8.76. The third kappa shape index (κ3) is 2.67. The molecule has 8 heavy (non-hydrogen) atoms. The number of rotatable bonds is 1. The second-order valence-electron chi connectivity index (χ2n) is 2.42. The molecule has 0 saturated heterocycles. The van der Waals surface area contributed by atoms with Gasteiger partial charge in [-0.15, -0.1) is 21.8 Å². The molecular weight excluding hydrogens is 229 g/mol. The van der Waals surface area contributed by atoms with E-state index in [2.05, 4.69) is 41.0 Å². The Balaban J connectivity index is 3.87. The van der Waals surface area contributed by atoms with Crippen LogP contribution in [0.2, 0.25) is 18.6 Å². The lowest BCUT2D eigenvalue weighted by atomic mass is 10.5. The van der Waals surface area contributed by atoms with Crippen molar-refractivity contribution in [3.8, 4) is 6.07 Å². The van der Waals surface area contributed by atoms with E-state index in [0.717, 1.165) is 0 Å². The van der Waals surface area contributed by atoms with Gasteiger partial charge < -0.3 is 0 Å². The summed E-state index contributed by atoms with van der Waals surface area (Å²) in [5.41, 5.74) is -0.871. The van der Waals surface area contributed by atoms with Gasteiger partial charge in [0.2, 0.25) is 0 Å². The largest absolute Gasteiger partial charge is 0.198 e. The highest BCUT2D eigenvalue weighted by Crippen LogP contribution is 2.26. The van der Waals surface area contributed by atoms with Gasteiger partial charge in [0.05, 0.1) is 6.07 Å². The molecular formula is C5H10INSi. The van der Waals surface area contributed by atoms with Crippen LogP contribution in [0.1, 0.15) is 6.92 Å². The van der Waals surface area contributed by atoms with Gasteiger partial charge in [-0.25, -0.2) is 0 Å². The topological polar surface area (TPSA) is 23.8 Å². The van der Waals surface area contributed by atoms with Crippen LogP contribution in [0.5, 0.6) is 0 Å². The zero-order valence-electron chi connectivity index (χ0n) is 5.40. The van der Waals surface area contributed by atoms with Crippen molar-refractivity contribution in [1.82, 2.24) is 0 Å². The molecule has 0 aliphatic carbocycles. The van der Waals surface area contributed by atoms with Crippen LogP contribution in [0.3, 0.4) is 0 Å². The third-order valence-corrected chi connectivity index (χ3v) is 6.21. The molecule has 0 aromatic heterocycles. The Labute approximate surface area is 64.3 Å². The predicted octanol–water partition coefficient (Wildman–Crippen LogP) is 2.54. The van der Waals surface area contributed by atoms with Crippen LogP contribution in [0.15, 0.2) is 0 Å². The smallest absolute Gasteiger partial charge is 0.136 e. The minimum absolute atomic E-state index is 0.281. The van der Waals surface area contributed by atoms with Gasteiger partial charge in [0, 0.05) is 5.54 Å². The Hall–Kier alpha value is 0.437. The second-order valence-corrected chi connectivity index (χ2v) is 14.8. The molecule has 1 nitrogen and oxygen atoms in total. The zero-order chi connectivity index (χ0) is 6.78. The lowest BCUT2D eigenvalue weighted by Crippen LogP contribution is -2.20. The molecule has 0 aliphatic rings. The third-order valence-electron chi connectivity index (χ3n) is 1.22. The quantitative estimate of drug-likeness (QED) is 0.392. The molecule has 0 aliphatic heterocycles. The van der Waals surface area contributed by atoms with Crippen LogP contribution in [-0.4, -0.2) is 5.57 Å². The second kappa shape index (κ2) is 2.83. The highest BCUT2D eigenvalue weighted by atomic mass is 127. The van der Waals surface area contributed by atoms with Crippen LogP contribution in [0, 0.1) is 11.3 Å². The van der Waals surface area contributed by atoms with Crippen molar-refractivity contribution < 1.29 is 0 Å². The molecule has 0 N–H and O–H groups in total. The van der Waals surface area contributed by atoms with Crippen LogP contribution in [-0.2, 0) is 0 Å². The summed E-state index contributed by atoms with van der Waals surface area (Å²) >= 11 is 2.42. The van der Waals surface area contributed by atoms with Gasteiger partial charge >= 0.3 is 0 Å². The van der Waals surface area contributed by atoms with E-state index in [9.17, 15) is 0 Å². The summed E-state index contributed by atoms with van der Waals surface area (Å²) in [7, 11) is 0. The maximum atomic E-state index is 8.45. The molecule has 0 heterocycles. The molecule has 0 fully saturated rings. The summed E-state index contributed by atoms with van der Waals surface area (Å²) in [6.45, 7) is 6.39. The van der Waals surface area contributed by atoms with Crippen LogP contribution in [0.25, 0.3) is 0 Å². The minimum Gasteiger partial charge on any atom is -0.198 e. The number of nitrogens with zero attached hydrogens (tertiary/aromatic N) is 1. The minimum atomic E-state index is -1.15. The molecule has 0 bridgehead atoms. The fourth-order valence-corrected chi connectivity index (χ4v) is 0.878. The summed E-state index contributed by atoms with van der Waals surface area (Å²) in [6.07, 6.45) is 0. The van der Waals surface area contributed by atoms with E-state index in [1.165, 1.54) is 0 Å². The summed E-state index contributed by atoms with van der Waals surface area (Å²) in [5, 5.41) is 8.45. The van der Waals surface area contributed by atoms with Crippen molar-refractivity contribution in [3.05, 3.63) is 0 Å². The summed E-state index contributed by atoms with van der Waals surface area (Å²) in [6, 6.07) is 2.26. The number of hydrogen-bond donors (Lipinski definition) is 0. The number of nitriles is 1. The van der Waals surface area contributed by atoms with Gasteiger partial charge in [0.25, 0.3) is 0 Å². The van der Waals surface area contributed by atoms with Crippen molar-refractivity contribution >= 4 is 27.4 Å². The van der Waals surface area contributed by atoms with E-state index in [1.54, 1.807) is 0 Å². The molecule has 0 radical (unpaired) electrons. The molecule has 0 amide bonds. The van der Waals surface area contributed by atoms with Crippen molar-refractivity contribution in [2.24, 2.45) is 0 Å². The number of hydrogen-bond acceptors (Lipinski definition) is 1. The molecule has 1 atom stereocenters. The van der Waals surface area contributed by atoms with E-state index >= 15 is 0 Å². The lowest BCUT2D eigenvalue weighted by Gasteiger charge is -2.14. The first-order valence-electron chi connectivity index (χ1n) is 2.57. The molecule has 46 valence electrons. The van der Waals surface area contributed by atoms with Crippen LogP contribution < -0.4 is 0 Å². The van der Waals surface area contributed by atoms with E-state index in [0.29, 0.717) is 0 Å². The zero-order valence-corrected chi connectivity index (χ0v) is 8.56.